The Hall–Kier alpha value is -3.60. The quantitative estimate of drug-likeness (QED) is 0.334. The predicted molar refractivity (Wildman–Crippen MR) is 99.8 cm³/mol. The Labute approximate surface area is 144 Å². The molecule has 0 amide bonds. The van der Waals surface area contributed by atoms with E-state index in [9.17, 15) is 10.1 Å². The molecule has 5 nitrogen and oxygen atoms in total. The van der Waals surface area contributed by atoms with Crippen LogP contribution >= 0.6 is 0 Å². The maximum Gasteiger partial charge on any atom is 0.269 e. The fourth-order valence-electron chi connectivity index (χ4n) is 2.96. The molecule has 0 atom stereocenters. The number of non-ortho nitro benzene ring substituents is 1. The maximum atomic E-state index is 10.8. The molecule has 0 saturated carbocycles. The summed E-state index contributed by atoms with van der Waals surface area (Å²) in [4.78, 5) is 10.4. The first-order valence-electron chi connectivity index (χ1n) is 7.84. The monoisotopic (exact) mass is 329 g/mol. The number of aromatic nitrogens is 1. The zero-order chi connectivity index (χ0) is 17.4. The molecule has 3 aromatic carbocycles. The number of fused-ring (bicyclic) bond motifs is 1. The summed E-state index contributed by atoms with van der Waals surface area (Å²) in [7, 11) is 0. The average molecular weight is 329 g/mol. The van der Waals surface area contributed by atoms with E-state index < -0.39 is 4.92 Å². The van der Waals surface area contributed by atoms with Gasteiger partial charge >= 0.3 is 0 Å². The minimum Gasteiger partial charge on any atom is -0.399 e. The molecule has 4 aromatic rings. The van der Waals surface area contributed by atoms with E-state index in [0.29, 0.717) is 0 Å². The molecule has 0 aliphatic carbocycles. The van der Waals surface area contributed by atoms with Crippen LogP contribution in [0.25, 0.3) is 27.7 Å². The molecule has 0 radical (unpaired) electrons. The molecule has 0 aliphatic heterocycles. The molecule has 1 heterocycles. The summed E-state index contributed by atoms with van der Waals surface area (Å²) in [6, 6.07) is 22.6. The third kappa shape index (κ3) is 2.72. The van der Waals surface area contributed by atoms with Crippen LogP contribution in [-0.2, 0) is 0 Å². The first-order valence-corrected chi connectivity index (χ1v) is 7.84. The van der Waals surface area contributed by atoms with Gasteiger partial charge in [0.25, 0.3) is 5.69 Å². The van der Waals surface area contributed by atoms with Crippen molar-refractivity contribution >= 4 is 22.3 Å². The number of nitrogen functional groups attached to an aromatic ring is 1. The van der Waals surface area contributed by atoms with Gasteiger partial charge in [0.15, 0.2) is 0 Å². The minimum atomic E-state index is -0.392. The van der Waals surface area contributed by atoms with Gasteiger partial charge in [-0.1, -0.05) is 18.2 Å². The van der Waals surface area contributed by atoms with Crippen molar-refractivity contribution in [3.05, 3.63) is 89.1 Å². The van der Waals surface area contributed by atoms with Gasteiger partial charge in [-0.05, 0) is 53.6 Å². The Kier molecular flexibility index (Phi) is 3.47. The molecule has 122 valence electrons. The molecule has 0 spiro atoms. The molecule has 25 heavy (non-hydrogen) atoms. The van der Waals surface area contributed by atoms with Crippen LogP contribution in [0.15, 0.2) is 79.0 Å². The van der Waals surface area contributed by atoms with E-state index in [1.165, 1.54) is 12.1 Å². The van der Waals surface area contributed by atoms with Crippen molar-refractivity contribution in [2.24, 2.45) is 0 Å². The number of hydrogen-bond donors (Lipinski definition) is 1. The van der Waals surface area contributed by atoms with Crippen LogP contribution < -0.4 is 5.73 Å². The summed E-state index contributed by atoms with van der Waals surface area (Å²) >= 11 is 0. The molecular weight excluding hydrogens is 314 g/mol. The maximum absolute atomic E-state index is 10.8. The van der Waals surface area contributed by atoms with Crippen molar-refractivity contribution in [1.82, 2.24) is 4.57 Å². The van der Waals surface area contributed by atoms with Crippen LogP contribution in [0.4, 0.5) is 11.4 Å². The fourth-order valence-corrected chi connectivity index (χ4v) is 2.96. The molecule has 1 aromatic heterocycles. The topological polar surface area (TPSA) is 74.1 Å². The number of nitrogens with zero attached hydrogens (tertiary/aromatic N) is 2. The van der Waals surface area contributed by atoms with Gasteiger partial charge in [0.05, 0.1) is 10.4 Å². The molecule has 0 aliphatic rings. The smallest absolute Gasteiger partial charge is 0.269 e. The Bertz CT molecular complexity index is 1060. The van der Waals surface area contributed by atoms with Crippen molar-refractivity contribution in [1.29, 1.82) is 0 Å². The highest BCUT2D eigenvalue weighted by Crippen LogP contribution is 2.28. The molecular formula is C20H15N3O2. The Morgan fingerprint density at radius 3 is 2.20 bits per heavy atom. The zero-order valence-corrected chi connectivity index (χ0v) is 13.3. The summed E-state index contributed by atoms with van der Waals surface area (Å²) in [6.07, 6.45) is 1.97. The van der Waals surface area contributed by atoms with Crippen molar-refractivity contribution in [3.8, 4) is 16.8 Å². The highest BCUT2D eigenvalue weighted by molar-refractivity contribution is 5.87. The van der Waals surface area contributed by atoms with Crippen LogP contribution in [0.3, 0.4) is 0 Å². The second kappa shape index (κ2) is 5.79. The lowest BCUT2D eigenvalue weighted by Crippen LogP contribution is -1.93. The van der Waals surface area contributed by atoms with Gasteiger partial charge in [-0.2, -0.15) is 0 Å². The van der Waals surface area contributed by atoms with Crippen molar-refractivity contribution in [3.63, 3.8) is 0 Å². The van der Waals surface area contributed by atoms with Crippen molar-refractivity contribution in [2.45, 2.75) is 0 Å². The molecule has 0 unspecified atom stereocenters. The van der Waals surface area contributed by atoms with Gasteiger partial charge < -0.3 is 10.3 Å². The molecule has 0 bridgehead atoms. The second-order valence-corrected chi connectivity index (χ2v) is 5.85. The lowest BCUT2D eigenvalue weighted by atomic mass is 10.0. The number of rotatable bonds is 3. The van der Waals surface area contributed by atoms with Crippen molar-refractivity contribution < 1.29 is 4.92 Å². The summed E-state index contributed by atoms with van der Waals surface area (Å²) in [5, 5.41) is 11.9. The molecule has 5 heteroatoms. The lowest BCUT2D eigenvalue weighted by molar-refractivity contribution is -0.384. The molecule has 0 fully saturated rings. The number of anilines is 1. The zero-order valence-electron chi connectivity index (χ0n) is 13.3. The number of benzene rings is 3. The third-order valence-electron chi connectivity index (χ3n) is 4.27. The first kappa shape index (κ1) is 15.0. The van der Waals surface area contributed by atoms with Crippen LogP contribution in [0.1, 0.15) is 0 Å². The molecule has 0 saturated heterocycles. The summed E-state index contributed by atoms with van der Waals surface area (Å²) in [5.41, 5.74) is 10.7. The summed E-state index contributed by atoms with van der Waals surface area (Å²) < 4.78 is 2.02. The normalized spacial score (nSPS) is 10.9. The van der Waals surface area contributed by atoms with Crippen LogP contribution in [0, 0.1) is 10.1 Å². The van der Waals surface area contributed by atoms with Crippen LogP contribution in [-0.4, -0.2) is 9.49 Å². The highest BCUT2D eigenvalue weighted by atomic mass is 16.6. The van der Waals surface area contributed by atoms with E-state index in [0.717, 1.165) is 33.4 Å². The van der Waals surface area contributed by atoms with E-state index in [-0.39, 0.29) is 5.69 Å². The predicted octanol–water partition coefficient (Wildman–Crippen LogP) is 4.79. The Balaban J connectivity index is 1.75. The summed E-state index contributed by atoms with van der Waals surface area (Å²) in [6.45, 7) is 0. The van der Waals surface area contributed by atoms with Gasteiger partial charge in [-0.15, -0.1) is 0 Å². The summed E-state index contributed by atoms with van der Waals surface area (Å²) in [5.74, 6) is 0. The number of hydrogen-bond acceptors (Lipinski definition) is 3. The van der Waals surface area contributed by atoms with E-state index in [4.69, 9.17) is 5.73 Å². The van der Waals surface area contributed by atoms with Crippen LogP contribution in [0.2, 0.25) is 0 Å². The van der Waals surface area contributed by atoms with Gasteiger partial charge in [0, 0.05) is 35.1 Å². The van der Waals surface area contributed by atoms with E-state index in [1.54, 1.807) is 12.1 Å². The van der Waals surface area contributed by atoms with Crippen molar-refractivity contribution in [2.75, 3.05) is 5.73 Å². The largest absolute Gasteiger partial charge is 0.399 e. The van der Waals surface area contributed by atoms with Gasteiger partial charge in [0.2, 0.25) is 0 Å². The SMILES string of the molecule is Nc1ccc(-c2ccc3c(ccn3-c3ccc([N+](=O)[O-])cc3)c2)cc1. The average Bonchev–Trinajstić information content (AvgIpc) is 3.05. The minimum absolute atomic E-state index is 0.0887. The fraction of sp³-hybridized carbons (Fsp3) is 0. The Morgan fingerprint density at radius 2 is 1.52 bits per heavy atom. The first-order chi connectivity index (χ1) is 12.1. The third-order valence-corrected chi connectivity index (χ3v) is 4.27. The van der Waals surface area contributed by atoms with E-state index in [2.05, 4.69) is 18.2 Å². The standard InChI is InChI=1S/C20H15N3O2/c21-17-4-1-14(2-5-17)15-3-10-20-16(13-15)11-12-22(20)18-6-8-19(9-7-18)23(24)25/h1-13H,21H2. The van der Waals surface area contributed by atoms with Crippen LogP contribution in [0.5, 0.6) is 0 Å². The highest BCUT2D eigenvalue weighted by Gasteiger charge is 2.08. The van der Waals surface area contributed by atoms with Gasteiger partial charge in [0.1, 0.15) is 0 Å². The van der Waals surface area contributed by atoms with Gasteiger partial charge in [-0.25, -0.2) is 0 Å². The number of nitro benzene ring substituents is 1. The molecule has 4 rings (SSSR count). The number of nitro groups is 1. The van der Waals surface area contributed by atoms with Gasteiger partial charge in [-0.3, -0.25) is 10.1 Å². The molecule has 2 N–H and O–H groups in total. The van der Waals surface area contributed by atoms with E-state index in [1.807, 2.05) is 41.1 Å². The lowest BCUT2D eigenvalue weighted by Gasteiger charge is -2.07. The second-order valence-electron chi connectivity index (χ2n) is 5.85. The van der Waals surface area contributed by atoms with E-state index >= 15 is 0 Å². The Morgan fingerprint density at radius 1 is 0.840 bits per heavy atom. The number of nitrogens with two attached hydrogens (primary N) is 1.